The second-order valence-electron chi connectivity index (χ2n) is 5.44. The molecule has 2 aromatic carbocycles. The van der Waals surface area contributed by atoms with Gasteiger partial charge in [0.15, 0.2) is 0 Å². The molecule has 116 valence electrons. The summed E-state index contributed by atoms with van der Waals surface area (Å²) >= 11 is 1.59. The molecule has 5 heteroatoms. The number of aliphatic hydroxyl groups is 1. The zero-order chi connectivity index (χ0) is 15.7. The molecule has 0 fully saturated rings. The number of aliphatic hydroxyl groups excluding tert-OH is 1. The fourth-order valence-electron chi connectivity index (χ4n) is 2.86. The average molecular weight is 318 g/mol. The van der Waals surface area contributed by atoms with Crippen LogP contribution in [0.5, 0.6) is 0 Å². The van der Waals surface area contributed by atoms with Gasteiger partial charge in [-0.05, 0) is 37.6 Å². The summed E-state index contributed by atoms with van der Waals surface area (Å²) < 4.78 is 17.7. The standard InChI is InChI=1S/C17H19FN2OS/c1-19(22-2)10-13(21)11-20-16-6-4-3-5-14(16)15-9-12(18)7-8-17(15)20/h3-9,13,21H,10-11H2,1-2H3. The molecule has 22 heavy (non-hydrogen) atoms. The van der Waals surface area contributed by atoms with Crippen molar-refractivity contribution in [2.75, 3.05) is 19.8 Å². The van der Waals surface area contributed by atoms with Crippen LogP contribution in [0.15, 0.2) is 42.5 Å². The predicted octanol–water partition coefficient (Wildman–Crippen LogP) is 3.50. The van der Waals surface area contributed by atoms with Crippen molar-refractivity contribution in [1.29, 1.82) is 0 Å². The predicted molar refractivity (Wildman–Crippen MR) is 91.6 cm³/mol. The summed E-state index contributed by atoms with van der Waals surface area (Å²) in [6, 6.07) is 12.7. The normalized spacial score (nSPS) is 13.3. The number of nitrogens with zero attached hydrogens (tertiary/aromatic N) is 2. The number of para-hydroxylation sites is 1. The fraction of sp³-hybridized carbons (Fsp3) is 0.294. The first-order valence-electron chi connectivity index (χ1n) is 7.20. The van der Waals surface area contributed by atoms with Crippen molar-refractivity contribution in [1.82, 2.24) is 8.87 Å². The number of hydrogen-bond donors (Lipinski definition) is 1. The molecule has 3 nitrogen and oxygen atoms in total. The van der Waals surface area contributed by atoms with E-state index in [9.17, 15) is 9.50 Å². The second-order valence-corrected chi connectivity index (χ2v) is 6.42. The van der Waals surface area contributed by atoms with E-state index in [2.05, 4.69) is 4.57 Å². The Kier molecular flexibility index (Phi) is 4.38. The van der Waals surface area contributed by atoms with Crippen LogP contribution in [0.3, 0.4) is 0 Å². The molecule has 1 unspecified atom stereocenters. The molecule has 0 aliphatic carbocycles. The number of likely N-dealkylation sites (N-methyl/N-ethyl adjacent to an activating group) is 1. The summed E-state index contributed by atoms with van der Waals surface area (Å²) in [5, 5.41) is 12.3. The molecule has 0 saturated carbocycles. The number of rotatable bonds is 5. The van der Waals surface area contributed by atoms with Crippen molar-refractivity contribution in [3.63, 3.8) is 0 Å². The van der Waals surface area contributed by atoms with E-state index in [4.69, 9.17) is 0 Å². The molecule has 1 aromatic heterocycles. The molecule has 0 radical (unpaired) electrons. The van der Waals surface area contributed by atoms with E-state index in [1.807, 2.05) is 41.9 Å². The molecule has 3 aromatic rings. The molecule has 3 rings (SSSR count). The van der Waals surface area contributed by atoms with Crippen molar-refractivity contribution >= 4 is 33.8 Å². The molecular weight excluding hydrogens is 299 g/mol. The van der Waals surface area contributed by atoms with E-state index in [1.165, 1.54) is 6.07 Å². The van der Waals surface area contributed by atoms with Crippen LogP contribution in [0, 0.1) is 5.82 Å². The molecule has 0 amide bonds. The molecule has 1 N–H and O–H groups in total. The monoisotopic (exact) mass is 318 g/mol. The highest BCUT2D eigenvalue weighted by Gasteiger charge is 2.15. The third kappa shape index (κ3) is 2.84. The van der Waals surface area contributed by atoms with E-state index >= 15 is 0 Å². The Morgan fingerprint density at radius 1 is 1.18 bits per heavy atom. The lowest BCUT2D eigenvalue weighted by molar-refractivity contribution is 0.139. The number of halogens is 1. The maximum atomic E-state index is 13.6. The SMILES string of the molecule is CSN(C)CC(O)Cn1c2ccccc2c2cc(F)ccc21. The first-order valence-corrected chi connectivity index (χ1v) is 8.38. The van der Waals surface area contributed by atoms with Crippen LogP contribution < -0.4 is 0 Å². The van der Waals surface area contributed by atoms with Crippen molar-refractivity contribution in [3.8, 4) is 0 Å². The van der Waals surface area contributed by atoms with Gasteiger partial charge < -0.3 is 9.67 Å². The van der Waals surface area contributed by atoms with Crippen molar-refractivity contribution in [3.05, 3.63) is 48.3 Å². The Balaban J connectivity index is 2.07. The zero-order valence-corrected chi connectivity index (χ0v) is 13.5. The summed E-state index contributed by atoms with van der Waals surface area (Å²) in [6.45, 7) is 1.07. The Labute approximate surface area is 133 Å². The quantitative estimate of drug-likeness (QED) is 0.730. The van der Waals surface area contributed by atoms with Crippen LogP contribution in [0.1, 0.15) is 0 Å². The van der Waals surface area contributed by atoms with Crippen LogP contribution in [-0.4, -0.2) is 39.9 Å². The summed E-state index contributed by atoms with van der Waals surface area (Å²) in [6.07, 6.45) is 1.50. The van der Waals surface area contributed by atoms with Crippen molar-refractivity contribution in [2.45, 2.75) is 12.6 Å². The highest BCUT2D eigenvalue weighted by Crippen LogP contribution is 2.29. The van der Waals surface area contributed by atoms with Gasteiger partial charge in [-0.25, -0.2) is 4.39 Å². The van der Waals surface area contributed by atoms with Gasteiger partial charge in [0.05, 0.1) is 12.6 Å². The van der Waals surface area contributed by atoms with Gasteiger partial charge in [-0.1, -0.05) is 30.1 Å². The maximum absolute atomic E-state index is 13.6. The van der Waals surface area contributed by atoms with Gasteiger partial charge in [-0.3, -0.25) is 4.31 Å². The Hall–Kier alpha value is -1.56. The third-order valence-electron chi connectivity index (χ3n) is 3.91. The number of benzene rings is 2. The number of fused-ring (bicyclic) bond motifs is 3. The Morgan fingerprint density at radius 3 is 2.68 bits per heavy atom. The first-order chi connectivity index (χ1) is 10.6. The van der Waals surface area contributed by atoms with Crippen molar-refractivity contribution < 1.29 is 9.50 Å². The largest absolute Gasteiger partial charge is 0.390 e. The molecular formula is C17H19FN2OS. The molecule has 0 bridgehead atoms. The highest BCUT2D eigenvalue weighted by atomic mass is 32.2. The molecule has 0 aliphatic rings. The average Bonchev–Trinajstić information content (AvgIpc) is 2.81. The summed E-state index contributed by atoms with van der Waals surface area (Å²) in [7, 11) is 1.95. The van der Waals surface area contributed by atoms with E-state index in [1.54, 1.807) is 24.1 Å². The topological polar surface area (TPSA) is 28.4 Å². The van der Waals surface area contributed by atoms with Crippen LogP contribution >= 0.6 is 11.9 Å². The van der Waals surface area contributed by atoms with E-state index in [0.29, 0.717) is 13.1 Å². The van der Waals surface area contributed by atoms with Crippen molar-refractivity contribution in [2.24, 2.45) is 0 Å². The summed E-state index contributed by atoms with van der Waals surface area (Å²) in [5.41, 5.74) is 1.97. The molecule has 0 aliphatic heterocycles. The molecule has 1 heterocycles. The van der Waals surface area contributed by atoms with Gasteiger partial charge in [0.1, 0.15) is 5.82 Å². The molecule has 0 saturated heterocycles. The first kappa shape index (κ1) is 15.3. The maximum Gasteiger partial charge on any atom is 0.123 e. The summed E-state index contributed by atoms with van der Waals surface area (Å²) in [4.78, 5) is 0. The molecule has 1 atom stereocenters. The second kappa shape index (κ2) is 6.28. The van der Waals surface area contributed by atoms with Gasteiger partial charge >= 0.3 is 0 Å². The van der Waals surface area contributed by atoms with E-state index < -0.39 is 6.10 Å². The van der Waals surface area contributed by atoms with Gasteiger partial charge in [0, 0.05) is 28.4 Å². The lowest BCUT2D eigenvalue weighted by atomic mass is 10.1. The van der Waals surface area contributed by atoms with Crippen LogP contribution in [0.4, 0.5) is 4.39 Å². The smallest absolute Gasteiger partial charge is 0.123 e. The zero-order valence-electron chi connectivity index (χ0n) is 12.7. The Bertz CT molecular complexity index is 802. The van der Waals surface area contributed by atoms with Gasteiger partial charge in [0.25, 0.3) is 0 Å². The van der Waals surface area contributed by atoms with E-state index in [-0.39, 0.29) is 5.82 Å². The minimum Gasteiger partial charge on any atom is -0.390 e. The molecule has 0 spiro atoms. The summed E-state index contributed by atoms with van der Waals surface area (Å²) in [5.74, 6) is -0.238. The lowest BCUT2D eigenvalue weighted by Gasteiger charge is -2.19. The fourth-order valence-corrected chi connectivity index (χ4v) is 3.18. The van der Waals surface area contributed by atoms with E-state index in [0.717, 1.165) is 21.8 Å². The number of aromatic nitrogens is 1. The third-order valence-corrected chi connectivity index (χ3v) is 4.68. The van der Waals surface area contributed by atoms with Gasteiger partial charge in [0.2, 0.25) is 0 Å². The van der Waals surface area contributed by atoms with Crippen LogP contribution in [0.25, 0.3) is 21.8 Å². The van der Waals surface area contributed by atoms with Gasteiger partial charge in [-0.2, -0.15) is 0 Å². The van der Waals surface area contributed by atoms with Gasteiger partial charge in [-0.15, -0.1) is 0 Å². The highest BCUT2D eigenvalue weighted by molar-refractivity contribution is 7.96. The number of hydrogen-bond acceptors (Lipinski definition) is 3. The minimum absolute atomic E-state index is 0.238. The van der Waals surface area contributed by atoms with Crippen LogP contribution in [-0.2, 0) is 6.54 Å². The lowest BCUT2D eigenvalue weighted by Crippen LogP contribution is -2.28. The minimum atomic E-state index is -0.485. The van der Waals surface area contributed by atoms with Crippen LogP contribution in [0.2, 0.25) is 0 Å². The Morgan fingerprint density at radius 2 is 1.91 bits per heavy atom.